The Morgan fingerprint density at radius 3 is 2.16 bits per heavy atom. The number of halogens is 1. The number of esters is 1. The summed E-state index contributed by atoms with van der Waals surface area (Å²) < 4.78 is 55.1. The smallest absolute Gasteiger partial charge is 0.344 e. The van der Waals surface area contributed by atoms with E-state index in [1.54, 1.807) is 45.0 Å². The van der Waals surface area contributed by atoms with Crippen LogP contribution in [0, 0.1) is 0 Å². The summed E-state index contributed by atoms with van der Waals surface area (Å²) in [6, 6.07) is 15.0. The molecule has 0 saturated carbocycles. The van der Waals surface area contributed by atoms with Crippen LogP contribution in [0.1, 0.15) is 26.3 Å². The van der Waals surface area contributed by atoms with Crippen LogP contribution in [0.2, 0.25) is 5.02 Å². The fourth-order valence-electron chi connectivity index (χ4n) is 3.77. The molecule has 0 fully saturated rings. The van der Waals surface area contributed by atoms with E-state index in [1.807, 2.05) is 0 Å². The second-order valence-corrected chi connectivity index (χ2v) is 12.4. The Morgan fingerprint density at radius 1 is 0.909 bits per heavy atom. The lowest BCUT2D eigenvalue weighted by Gasteiger charge is -2.25. The summed E-state index contributed by atoms with van der Waals surface area (Å²) in [6.45, 7) is 4.38. The number of rotatable bonds is 13. The Balaban J connectivity index is 1.78. The first-order valence-electron chi connectivity index (χ1n) is 13.1. The van der Waals surface area contributed by atoms with Gasteiger partial charge in [0.05, 0.1) is 38.1 Å². The minimum Gasteiger partial charge on any atom is -0.495 e. The number of benzene rings is 3. The largest absolute Gasteiger partial charge is 0.495 e. The summed E-state index contributed by atoms with van der Waals surface area (Å²) in [5, 5.41) is 4.17. The summed E-state index contributed by atoms with van der Waals surface area (Å²) in [4.78, 5) is 24.7. The molecule has 3 rings (SSSR count). The van der Waals surface area contributed by atoms with E-state index in [9.17, 15) is 18.0 Å². The molecular formula is C30H34ClN3O9S. The minimum absolute atomic E-state index is 0.0379. The van der Waals surface area contributed by atoms with Gasteiger partial charge in [0.1, 0.15) is 23.6 Å². The molecule has 3 aromatic carbocycles. The highest BCUT2D eigenvalue weighted by Gasteiger charge is 2.30. The lowest BCUT2D eigenvalue weighted by Crippen LogP contribution is -2.39. The molecule has 0 aliphatic carbocycles. The molecule has 3 aromatic rings. The van der Waals surface area contributed by atoms with E-state index in [4.69, 9.17) is 35.3 Å². The first kappa shape index (κ1) is 34.0. The number of sulfonamides is 1. The molecular weight excluding hydrogens is 614 g/mol. The standard InChI is InChI=1S/C30H34ClN3O9S/c1-30(2,3)43-29(36)19-42-22-10-7-20(8-11-22)17-32-33-28(35)18-34(24-15-21(31)9-13-25(24)39-4)44(37,38)23-12-14-26(40-5)27(16-23)41-6/h7-17H,18-19H2,1-6H3,(H,33,35). The zero-order valence-corrected chi connectivity index (χ0v) is 26.7. The highest BCUT2D eigenvalue weighted by Crippen LogP contribution is 2.37. The zero-order valence-electron chi connectivity index (χ0n) is 25.1. The van der Waals surface area contributed by atoms with Crippen LogP contribution in [0.5, 0.6) is 23.0 Å². The number of methoxy groups -OCH3 is 3. The third kappa shape index (κ3) is 9.25. The van der Waals surface area contributed by atoms with Crippen molar-refractivity contribution in [2.24, 2.45) is 5.10 Å². The van der Waals surface area contributed by atoms with Gasteiger partial charge in [-0.25, -0.2) is 18.6 Å². The van der Waals surface area contributed by atoms with E-state index in [1.165, 1.54) is 63.9 Å². The van der Waals surface area contributed by atoms with Crippen molar-refractivity contribution in [2.45, 2.75) is 31.3 Å². The number of nitrogens with one attached hydrogen (secondary N) is 1. The Kier molecular flexibility index (Phi) is 11.4. The van der Waals surface area contributed by atoms with Crippen molar-refractivity contribution in [3.05, 3.63) is 71.2 Å². The van der Waals surface area contributed by atoms with Crippen molar-refractivity contribution >= 4 is 45.4 Å². The predicted octanol–water partition coefficient (Wildman–Crippen LogP) is 4.43. The SMILES string of the molecule is COc1ccc(S(=O)(=O)N(CC(=O)NN=Cc2ccc(OCC(=O)OC(C)(C)C)cc2)c2cc(Cl)ccc2OC)cc1OC. The van der Waals surface area contributed by atoms with Gasteiger partial charge in [-0.15, -0.1) is 0 Å². The molecule has 0 unspecified atom stereocenters. The number of carbonyl (C=O) groups excluding carboxylic acids is 2. The molecule has 14 heteroatoms. The fraction of sp³-hybridized carbons (Fsp3) is 0.300. The van der Waals surface area contributed by atoms with E-state index in [-0.39, 0.29) is 33.7 Å². The van der Waals surface area contributed by atoms with Crippen molar-refractivity contribution in [3.63, 3.8) is 0 Å². The minimum atomic E-state index is -4.36. The summed E-state index contributed by atoms with van der Waals surface area (Å²) in [7, 11) is -0.191. The van der Waals surface area contributed by atoms with Crippen LogP contribution in [-0.4, -0.2) is 66.6 Å². The van der Waals surface area contributed by atoms with Gasteiger partial charge >= 0.3 is 5.97 Å². The molecule has 236 valence electrons. The summed E-state index contributed by atoms with van der Waals surface area (Å²) >= 11 is 6.19. The molecule has 0 heterocycles. The summed E-state index contributed by atoms with van der Waals surface area (Å²) in [5.41, 5.74) is 2.36. The Morgan fingerprint density at radius 2 is 1.55 bits per heavy atom. The van der Waals surface area contributed by atoms with Crippen LogP contribution in [0.4, 0.5) is 5.69 Å². The Labute approximate surface area is 261 Å². The number of anilines is 1. The lowest BCUT2D eigenvalue weighted by atomic mass is 10.2. The second kappa shape index (κ2) is 14.8. The molecule has 0 atom stereocenters. The molecule has 1 amide bonds. The van der Waals surface area contributed by atoms with Crippen molar-refractivity contribution < 1.29 is 41.7 Å². The average Bonchev–Trinajstić information content (AvgIpc) is 2.98. The van der Waals surface area contributed by atoms with Crippen LogP contribution in [0.15, 0.2) is 70.7 Å². The van der Waals surface area contributed by atoms with Crippen molar-refractivity contribution in [2.75, 3.05) is 38.8 Å². The maximum Gasteiger partial charge on any atom is 0.344 e. The number of hydrogen-bond donors (Lipinski definition) is 1. The topological polar surface area (TPSA) is 142 Å². The highest BCUT2D eigenvalue weighted by atomic mass is 35.5. The zero-order chi connectivity index (χ0) is 32.5. The Bertz CT molecular complexity index is 1600. The maximum absolute atomic E-state index is 13.9. The number of nitrogens with zero attached hydrogens (tertiary/aromatic N) is 2. The average molecular weight is 648 g/mol. The van der Waals surface area contributed by atoms with Gasteiger partial charge in [0.25, 0.3) is 15.9 Å². The highest BCUT2D eigenvalue weighted by molar-refractivity contribution is 7.92. The van der Waals surface area contributed by atoms with Gasteiger partial charge in [-0.3, -0.25) is 9.10 Å². The quantitative estimate of drug-likeness (QED) is 0.162. The molecule has 0 spiro atoms. The van der Waals surface area contributed by atoms with E-state index >= 15 is 0 Å². The van der Waals surface area contributed by atoms with E-state index < -0.39 is 34.0 Å². The van der Waals surface area contributed by atoms with Crippen molar-refractivity contribution in [1.29, 1.82) is 0 Å². The van der Waals surface area contributed by atoms with Gasteiger partial charge in [-0.2, -0.15) is 5.10 Å². The van der Waals surface area contributed by atoms with Crippen molar-refractivity contribution in [1.82, 2.24) is 5.43 Å². The second-order valence-electron chi connectivity index (χ2n) is 10.1. The van der Waals surface area contributed by atoms with Crippen LogP contribution >= 0.6 is 11.6 Å². The Hall–Kier alpha value is -4.49. The first-order valence-corrected chi connectivity index (χ1v) is 14.9. The van der Waals surface area contributed by atoms with Crippen LogP contribution in [0.3, 0.4) is 0 Å². The molecule has 0 saturated heterocycles. The molecule has 0 aromatic heterocycles. The monoisotopic (exact) mass is 647 g/mol. The normalized spacial score (nSPS) is 11.5. The van der Waals surface area contributed by atoms with E-state index in [0.717, 1.165) is 4.31 Å². The molecule has 0 aliphatic heterocycles. The lowest BCUT2D eigenvalue weighted by molar-refractivity contribution is -0.157. The van der Waals surface area contributed by atoms with Gasteiger partial charge in [0, 0.05) is 11.1 Å². The number of amides is 1. The number of ether oxygens (including phenoxy) is 5. The maximum atomic E-state index is 13.9. The van der Waals surface area contributed by atoms with Gasteiger partial charge in [-0.1, -0.05) is 11.6 Å². The van der Waals surface area contributed by atoms with Crippen LogP contribution < -0.4 is 28.7 Å². The summed E-state index contributed by atoms with van der Waals surface area (Å²) in [5.74, 6) is -0.129. The molecule has 0 bridgehead atoms. The number of hydrazone groups is 1. The molecule has 0 aliphatic rings. The summed E-state index contributed by atoms with van der Waals surface area (Å²) in [6.07, 6.45) is 1.36. The fourth-order valence-corrected chi connectivity index (χ4v) is 5.38. The molecule has 44 heavy (non-hydrogen) atoms. The predicted molar refractivity (Wildman–Crippen MR) is 166 cm³/mol. The van der Waals surface area contributed by atoms with E-state index in [0.29, 0.717) is 17.1 Å². The number of carbonyl (C=O) groups is 2. The third-order valence-corrected chi connectivity index (χ3v) is 7.69. The molecule has 12 nitrogen and oxygen atoms in total. The van der Waals surface area contributed by atoms with Gasteiger partial charge < -0.3 is 23.7 Å². The van der Waals surface area contributed by atoms with Crippen LogP contribution in [-0.2, 0) is 24.3 Å². The molecule has 1 N–H and O–H groups in total. The van der Waals surface area contributed by atoms with Gasteiger partial charge in [0.2, 0.25) is 0 Å². The van der Waals surface area contributed by atoms with Gasteiger partial charge in [-0.05, 0) is 80.9 Å². The first-order chi connectivity index (χ1) is 20.8. The molecule has 0 radical (unpaired) electrons. The van der Waals surface area contributed by atoms with Gasteiger partial charge in [0.15, 0.2) is 18.1 Å². The third-order valence-electron chi connectivity index (χ3n) is 5.70. The van der Waals surface area contributed by atoms with E-state index in [2.05, 4.69) is 10.5 Å². The number of hydrogen-bond acceptors (Lipinski definition) is 10. The van der Waals surface area contributed by atoms with Crippen molar-refractivity contribution in [3.8, 4) is 23.0 Å². The van der Waals surface area contributed by atoms with Crippen LogP contribution in [0.25, 0.3) is 0 Å².